The molecule has 1 amide bonds. The zero-order valence-electron chi connectivity index (χ0n) is 11.8. The van der Waals surface area contributed by atoms with Crippen LogP contribution in [0.25, 0.3) is 0 Å². The molecule has 2 heterocycles. The van der Waals surface area contributed by atoms with Crippen molar-refractivity contribution in [1.29, 1.82) is 0 Å². The van der Waals surface area contributed by atoms with E-state index in [4.69, 9.17) is 4.42 Å². The minimum atomic E-state index is 0.0825. The number of oxazole rings is 1. The van der Waals surface area contributed by atoms with Gasteiger partial charge in [0, 0.05) is 6.42 Å². The zero-order chi connectivity index (χ0) is 13.7. The van der Waals surface area contributed by atoms with E-state index in [1.807, 2.05) is 13.8 Å². The van der Waals surface area contributed by atoms with E-state index >= 15 is 0 Å². The fourth-order valence-electron chi connectivity index (χ4n) is 2.38. The van der Waals surface area contributed by atoms with Crippen LogP contribution in [0.3, 0.4) is 0 Å². The van der Waals surface area contributed by atoms with Crippen molar-refractivity contribution >= 4 is 5.91 Å². The van der Waals surface area contributed by atoms with Crippen molar-refractivity contribution in [3.05, 3.63) is 17.3 Å². The molecule has 0 aliphatic carbocycles. The number of nitrogens with zero attached hydrogens (tertiary/aromatic N) is 1. The summed E-state index contributed by atoms with van der Waals surface area (Å²) in [5.41, 5.74) is 0.887. The van der Waals surface area contributed by atoms with Gasteiger partial charge in [-0.15, -0.1) is 0 Å². The molecule has 5 heteroatoms. The largest absolute Gasteiger partial charge is 0.444 e. The third-order valence-corrected chi connectivity index (χ3v) is 3.69. The molecule has 2 rings (SSSR count). The summed E-state index contributed by atoms with van der Waals surface area (Å²) in [6, 6.07) is 0. The van der Waals surface area contributed by atoms with Gasteiger partial charge in [0.1, 0.15) is 5.76 Å². The fourth-order valence-corrected chi connectivity index (χ4v) is 2.38. The van der Waals surface area contributed by atoms with Crippen LogP contribution in [0.4, 0.5) is 0 Å². The fraction of sp³-hybridized carbons (Fsp3) is 0.714. The van der Waals surface area contributed by atoms with Crippen LogP contribution < -0.4 is 10.6 Å². The Balaban J connectivity index is 1.66. The molecule has 19 heavy (non-hydrogen) atoms. The molecule has 2 N–H and O–H groups in total. The zero-order valence-corrected chi connectivity index (χ0v) is 11.8. The molecule has 106 valence electrons. The Bertz CT molecular complexity index is 403. The van der Waals surface area contributed by atoms with Crippen LogP contribution in [0.1, 0.15) is 43.0 Å². The van der Waals surface area contributed by atoms with E-state index in [-0.39, 0.29) is 5.91 Å². The Morgan fingerprint density at radius 1 is 1.53 bits per heavy atom. The molecule has 5 nitrogen and oxygen atoms in total. The highest BCUT2D eigenvalue weighted by Crippen LogP contribution is 2.15. The van der Waals surface area contributed by atoms with Crippen LogP contribution in [0, 0.1) is 19.8 Å². The maximum absolute atomic E-state index is 11.7. The highest BCUT2D eigenvalue weighted by molar-refractivity contribution is 5.75. The summed E-state index contributed by atoms with van der Waals surface area (Å²) in [5.74, 6) is 2.13. The Kier molecular flexibility index (Phi) is 4.96. The first-order valence-electron chi connectivity index (χ1n) is 7.05. The van der Waals surface area contributed by atoms with Gasteiger partial charge in [0.05, 0.1) is 12.2 Å². The van der Waals surface area contributed by atoms with Crippen molar-refractivity contribution in [1.82, 2.24) is 15.6 Å². The summed E-state index contributed by atoms with van der Waals surface area (Å²) in [6.07, 6.45) is 4.01. The van der Waals surface area contributed by atoms with Gasteiger partial charge in [0.15, 0.2) is 0 Å². The average Bonchev–Trinajstić information content (AvgIpc) is 2.74. The number of aromatic nitrogens is 1. The molecular formula is C14H23N3O2. The Hall–Kier alpha value is -1.36. The predicted octanol–water partition coefficient (Wildman–Crippen LogP) is 1.69. The van der Waals surface area contributed by atoms with E-state index in [1.165, 1.54) is 12.8 Å². The third-order valence-electron chi connectivity index (χ3n) is 3.69. The van der Waals surface area contributed by atoms with Gasteiger partial charge in [-0.05, 0) is 52.1 Å². The van der Waals surface area contributed by atoms with Gasteiger partial charge in [0.2, 0.25) is 11.8 Å². The molecule has 0 radical (unpaired) electrons. The number of piperidine rings is 1. The molecule has 1 aromatic rings. The normalized spacial score (nSPS) is 19.4. The first kappa shape index (κ1) is 14.1. The van der Waals surface area contributed by atoms with E-state index < -0.39 is 0 Å². The molecule has 1 saturated heterocycles. The predicted molar refractivity (Wildman–Crippen MR) is 72.7 cm³/mol. The number of amides is 1. The van der Waals surface area contributed by atoms with Gasteiger partial charge >= 0.3 is 0 Å². The Morgan fingerprint density at radius 2 is 2.37 bits per heavy atom. The van der Waals surface area contributed by atoms with Crippen molar-refractivity contribution in [2.75, 3.05) is 13.1 Å². The maximum Gasteiger partial charge on any atom is 0.220 e. The molecule has 1 fully saturated rings. The number of rotatable bonds is 5. The van der Waals surface area contributed by atoms with Crippen LogP contribution in [0.5, 0.6) is 0 Å². The second kappa shape index (κ2) is 6.70. The van der Waals surface area contributed by atoms with Crippen LogP contribution in [0.2, 0.25) is 0 Å². The van der Waals surface area contributed by atoms with Gasteiger partial charge in [-0.1, -0.05) is 0 Å². The van der Waals surface area contributed by atoms with E-state index in [1.54, 1.807) is 0 Å². The molecule has 0 spiro atoms. The molecule has 1 aromatic heterocycles. The minimum Gasteiger partial charge on any atom is -0.444 e. The average molecular weight is 265 g/mol. The highest BCUT2D eigenvalue weighted by atomic mass is 16.4. The van der Waals surface area contributed by atoms with E-state index in [0.29, 0.717) is 24.8 Å². The standard InChI is InChI=1S/C14H23N3O2/c1-10-11(2)19-14(17-10)9-16-13(18)6-5-12-4-3-7-15-8-12/h12,15H,3-9H2,1-2H3,(H,16,18). The molecule has 0 saturated carbocycles. The van der Waals surface area contributed by atoms with E-state index in [9.17, 15) is 4.79 Å². The summed E-state index contributed by atoms with van der Waals surface area (Å²) in [4.78, 5) is 16.0. The molecule has 1 unspecified atom stereocenters. The number of aryl methyl sites for hydroxylation is 2. The molecule has 0 aromatic carbocycles. The smallest absolute Gasteiger partial charge is 0.220 e. The SMILES string of the molecule is Cc1nc(CNC(=O)CCC2CCCNC2)oc1C. The van der Waals surface area contributed by atoms with Crippen molar-refractivity contribution in [3.8, 4) is 0 Å². The minimum absolute atomic E-state index is 0.0825. The van der Waals surface area contributed by atoms with Crippen molar-refractivity contribution in [2.45, 2.75) is 46.1 Å². The second-order valence-corrected chi connectivity index (χ2v) is 5.28. The Labute approximate surface area is 114 Å². The number of hydrogen-bond acceptors (Lipinski definition) is 4. The topological polar surface area (TPSA) is 67.2 Å². The highest BCUT2D eigenvalue weighted by Gasteiger charge is 2.14. The van der Waals surface area contributed by atoms with Gasteiger partial charge in [-0.2, -0.15) is 0 Å². The Morgan fingerprint density at radius 3 is 3.00 bits per heavy atom. The maximum atomic E-state index is 11.7. The number of hydrogen-bond donors (Lipinski definition) is 2. The molecule has 1 atom stereocenters. The van der Waals surface area contributed by atoms with Crippen LogP contribution in [-0.4, -0.2) is 24.0 Å². The van der Waals surface area contributed by atoms with Crippen molar-refractivity contribution in [3.63, 3.8) is 0 Å². The van der Waals surface area contributed by atoms with Crippen molar-refractivity contribution in [2.24, 2.45) is 5.92 Å². The molecule has 0 bridgehead atoms. The molecule has 1 aliphatic heterocycles. The lowest BCUT2D eigenvalue weighted by Gasteiger charge is -2.22. The number of carbonyl (C=O) groups excluding carboxylic acids is 1. The quantitative estimate of drug-likeness (QED) is 0.850. The van der Waals surface area contributed by atoms with Crippen molar-refractivity contribution < 1.29 is 9.21 Å². The molecule has 1 aliphatic rings. The summed E-state index contributed by atoms with van der Waals surface area (Å²) in [5, 5.41) is 6.23. The lowest BCUT2D eigenvalue weighted by molar-refractivity contribution is -0.121. The monoisotopic (exact) mass is 265 g/mol. The first-order chi connectivity index (χ1) is 9.15. The van der Waals surface area contributed by atoms with Gasteiger partial charge in [-0.25, -0.2) is 4.98 Å². The summed E-state index contributed by atoms with van der Waals surface area (Å²) in [6.45, 7) is 6.33. The lowest BCUT2D eigenvalue weighted by Crippen LogP contribution is -2.31. The van der Waals surface area contributed by atoms with Crippen LogP contribution >= 0.6 is 0 Å². The number of carbonyl (C=O) groups is 1. The molecular weight excluding hydrogens is 242 g/mol. The van der Waals surface area contributed by atoms with Gasteiger partial charge in [0.25, 0.3) is 0 Å². The van der Waals surface area contributed by atoms with Crippen LogP contribution in [0.15, 0.2) is 4.42 Å². The summed E-state index contributed by atoms with van der Waals surface area (Å²) < 4.78 is 5.42. The van der Waals surface area contributed by atoms with Gasteiger partial charge in [-0.3, -0.25) is 4.79 Å². The number of nitrogens with one attached hydrogen (secondary N) is 2. The summed E-state index contributed by atoms with van der Waals surface area (Å²) in [7, 11) is 0. The van der Waals surface area contributed by atoms with Gasteiger partial charge < -0.3 is 15.1 Å². The van der Waals surface area contributed by atoms with E-state index in [2.05, 4.69) is 15.6 Å². The second-order valence-electron chi connectivity index (χ2n) is 5.28. The van der Waals surface area contributed by atoms with Crippen LogP contribution in [-0.2, 0) is 11.3 Å². The summed E-state index contributed by atoms with van der Waals surface area (Å²) >= 11 is 0. The first-order valence-corrected chi connectivity index (χ1v) is 7.05. The lowest BCUT2D eigenvalue weighted by atomic mass is 9.94. The third kappa shape index (κ3) is 4.35. The van der Waals surface area contributed by atoms with E-state index in [0.717, 1.165) is 31.0 Å².